The van der Waals surface area contributed by atoms with Crippen LogP contribution in [-0.4, -0.2) is 22.6 Å². The summed E-state index contributed by atoms with van der Waals surface area (Å²) >= 11 is 0. The van der Waals surface area contributed by atoms with Crippen molar-refractivity contribution in [3.05, 3.63) is 78.0 Å². The highest BCUT2D eigenvalue weighted by molar-refractivity contribution is 6.33. The first kappa shape index (κ1) is 17.2. The number of rotatable bonds is 5. The molecular weight excluding hydrogens is 310 g/mol. The van der Waals surface area contributed by atoms with E-state index in [4.69, 9.17) is 0 Å². The van der Waals surface area contributed by atoms with Gasteiger partial charge >= 0.3 is 0 Å². The van der Waals surface area contributed by atoms with E-state index in [2.05, 4.69) is 0 Å². The number of benzene rings is 2. The second kappa shape index (κ2) is 8.43. The monoisotopic (exact) mass is 333 g/mol. The van der Waals surface area contributed by atoms with Gasteiger partial charge in [-0.3, -0.25) is 4.79 Å². The van der Waals surface area contributed by atoms with Gasteiger partial charge in [0.25, 0.3) is 0 Å². The maximum atomic E-state index is 12.6. The molecule has 1 saturated carbocycles. The Morgan fingerprint density at radius 2 is 1.44 bits per heavy atom. The molecule has 1 fully saturated rings. The van der Waals surface area contributed by atoms with E-state index in [1.165, 1.54) is 6.42 Å². The van der Waals surface area contributed by atoms with Gasteiger partial charge in [-0.15, -0.1) is 0 Å². The van der Waals surface area contributed by atoms with Crippen LogP contribution in [0.3, 0.4) is 0 Å². The minimum absolute atomic E-state index is 0.0664. The van der Waals surface area contributed by atoms with Gasteiger partial charge in [0.2, 0.25) is 12.0 Å². The fourth-order valence-electron chi connectivity index (χ4n) is 3.25. The lowest BCUT2D eigenvalue weighted by atomic mass is 9.95. The molecule has 2 aromatic rings. The molecule has 1 aliphatic rings. The van der Waals surface area contributed by atoms with Gasteiger partial charge in [-0.25, -0.2) is 0 Å². The Kier molecular flexibility index (Phi) is 5.78. The first-order chi connectivity index (χ1) is 12.2. The fraction of sp³-hybridized carbons (Fsp3) is 0.273. The summed E-state index contributed by atoms with van der Waals surface area (Å²) in [6.07, 6.45) is 8.71. The van der Waals surface area contributed by atoms with E-state index < -0.39 is 0 Å². The van der Waals surface area contributed by atoms with Gasteiger partial charge in [0.05, 0.1) is 0 Å². The molecule has 0 amide bonds. The maximum Gasteiger partial charge on any atom is 0.248 e. The van der Waals surface area contributed by atoms with E-state index in [0.717, 1.165) is 25.7 Å². The predicted molar refractivity (Wildman–Crippen MR) is 98.4 cm³/mol. The lowest BCUT2D eigenvalue weighted by Crippen LogP contribution is -2.29. The van der Waals surface area contributed by atoms with Crippen molar-refractivity contribution in [3.8, 4) is 0 Å². The number of ketones is 1. The molecule has 0 unspecified atom stereocenters. The molecule has 0 bridgehead atoms. The van der Waals surface area contributed by atoms with Crippen molar-refractivity contribution >= 4 is 17.8 Å². The Bertz CT molecular complexity index is 757. The van der Waals surface area contributed by atoms with Gasteiger partial charge in [0.1, 0.15) is 0 Å². The maximum absolute atomic E-state index is 12.6. The third-order valence-corrected chi connectivity index (χ3v) is 4.65. The van der Waals surface area contributed by atoms with E-state index in [1.807, 2.05) is 41.0 Å². The Balaban J connectivity index is 1.92. The molecule has 2 aromatic carbocycles. The van der Waals surface area contributed by atoms with Crippen molar-refractivity contribution in [1.29, 1.82) is 0 Å². The Morgan fingerprint density at radius 3 is 2.04 bits per heavy atom. The third-order valence-electron chi connectivity index (χ3n) is 4.65. The molecule has 0 atom stereocenters. The molecule has 0 aliphatic heterocycles. The third kappa shape index (κ3) is 4.66. The van der Waals surface area contributed by atoms with E-state index >= 15 is 0 Å². The molecular formula is C22H23NO2. The molecule has 3 nitrogen and oxygen atoms in total. The van der Waals surface area contributed by atoms with Gasteiger partial charge in [-0.2, -0.15) is 4.58 Å². The normalized spacial score (nSPS) is 16.6. The lowest BCUT2D eigenvalue weighted by molar-refractivity contribution is -0.502. The second-order valence-electron chi connectivity index (χ2n) is 6.46. The number of hydrogen-bond donors (Lipinski definition) is 0. The molecule has 3 heteroatoms. The second-order valence-corrected chi connectivity index (χ2v) is 6.46. The van der Waals surface area contributed by atoms with E-state index in [0.29, 0.717) is 11.1 Å². The fourth-order valence-corrected chi connectivity index (χ4v) is 3.25. The van der Waals surface area contributed by atoms with Gasteiger partial charge in [-0.1, -0.05) is 67.1 Å². The summed E-state index contributed by atoms with van der Waals surface area (Å²) in [6, 6.07) is 18.6. The molecule has 0 saturated heterocycles. The van der Waals surface area contributed by atoms with Gasteiger partial charge in [0.15, 0.2) is 12.2 Å². The Hall–Kier alpha value is -2.68. The summed E-state index contributed by atoms with van der Waals surface area (Å²) in [7, 11) is 0. The summed E-state index contributed by atoms with van der Waals surface area (Å²) in [5, 5.41) is 12.6. The predicted octanol–water partition coefficient (Wildman–Crippen LogP) is 3.64. The zero-order valence-corrected chi connectivity index (χ0v) is 14.3. The highest BCUT2D eigenvalue weighted by Gasteiger charge is 2.23. The highest BCUT2D eigenvalue weighted by Crippen LogP contribution is 2.21. The topological polar surface area (TPSA) is 43.1 Å². The average molecular weight is 333 g/mol. The smallest absolute Gasteiger partial charge is 0.248 e. The number of carbonyl (C=O) groups excluding carboxylic acids is 1. The highest BCUT2D eigenvalue weighted by atomic mass is 16.3. The van der Waals surface area contributed by atoms with Crippen LogP contribution in [0.2, 0.25) is 0 Å². The van der Waals surface area contributed by atoms with Crippen LogP contribution in [0.15, 0.2) is 66.9 Å². The van der Waals surface area contributed by atoms with Crippen molar-refractivity contribution in [2.45, 2.75) is 38.1 Å². The molecule has 0 heterocycles. The van der Waals surface area contributed by atoms with Crippen LogP contribution < -0.4 is 5.11 Å². The molecule has 25 heavy (non-hydrogen) atoms. The molecule has 0 spiro atoms. The quantitative estimate of drug-likeness (QED) is 0.363. The molecule has 128 valence electrons. The first-order valence-corrected chi connectivity index (χ1v) is 8.90. The van der Waals surface area contributed by atoms with E-state index in [-0.39, 0.29) is 17.6 Å². The van der Waals surface area contributed by atoms with Crippen molar-refractivity contribution in [2.75, 3.05) is 0 Å². The molecule has 1 aliphatic carbocycles. The number of Topliss-reactive ketones (excluding diaryl/α,β-unsaturated/α-hetero) is 1. The van der Waals surface area contributed by atoms with Crippen molar-refractivity contribution < 1.29 is 14.5 Å². The van der Waals surface area contributed by atoms with Crippen LogP contribution in [0, 0.1) is 0 Å². The summed E-state index contributed by atoms with van der Waals surface area (Å²) in [5.74, 6) is -0.133. The van der Waals surface area contributed by atoms with Crippen LogP contribution in [0.25, 0.3) is 5.76 Å². The number of carbonyl (C=O) groups is 1. The largest absolute Gasteiger partial charge is 0.868 e. The summed E-state index contributed by atoms with van der Waals surface area (Å²) in [4.78, 5) is 12.6. The average Bonchev–Trinajstić information content (AvgIpc) is 2.69. The van der Waals surface area contributed by atoms with Gasteiger partial charge in [0, 0.05) is 18.4 Å². The Morgan fingerprint density at radius 1 is 0.880 bits per heavy atom. The van der Waals surface area contributed by atoms with Crippen LogP contribution in [-0.2, 0) is 0 Å². The Labute approximate surface area is 149 Å². The number of nitrogens with zero attached hydrogens (tertiary/aromatic N) is 1. The molecule has 0 aromatic heterocycles. The molecule has 0 radical (unpaired) electrons. The molecule has 3 rings (SSSR count). The minimum atomic E-state index is -0.0664. The van der Waals surface area contributed by atoms with Crippen molar-refractivity contribution in [3.63, 3.8) is 0 Å². The van der Waals surface area contributed by atoms with Crippen LogP contribution in [0.4, 0.5) is 0 Å². The van der Waals surface area contributed by atoms with Gasteiger partial charge in [-0.05, 0) is 24.2 Å². The van der Waals surface area contributed by atoms with Crippen molar-refractivity contribution in [2.24, 2.45) is 0 Å². The lowest BCUT2D eigenvalue weighted by Gasteiger charge is -2.20. The summed E-state index contributed by atoms with van der Waals surface area (Å²) in [5.41, 5.74) is 1.28. The van der Waals surface area contributed by atoms with Gasteiger partial charge < -0.3 is 5.11 Å². The van der Waals surface area contributed by atoms with Crippen LogP contribution >= 0.6 is 0 Å². The molecule has 0 N–H and O–H groups in total. The zero-order chi connectivity index (χ0) is 17.5. The van der Waals surface area contributed by atoms with E-state index in [1.54, 1.807) is 36.7 Å². The minimum Gasteiger partial charge on any atom is -0.868 e. The van der Waals surface area contributed by atoms with Crippen LogP contribution in [0.1, 0.15) is 48.0 Å². The zero-order valence-electron chi connectivity index (χ0n) is 14.3. The standard InChI is InChI=1S/C22H23NO2/c24-21(18-10-4-1-5-11-18)16-23(20-14-8-3-9-15-20)17-22(25)19-12-6-2-7-13-19/h1-2,4-7,10-13,16-17,20H,3,8-9,14-15H2. The summed E-state index contributed by atoms with van der Waals surface area (Å²) in [6.45, 7) is 0. The van der Waals surface area contributed by atoms with Crippen LogP contribution in [0.5, 0.6) is 0 Å². The van der Waals surface area contributed by atoms with E-state index in [9.17, 15) is 9.90 Å². The van der Waals surface area contributed by atoms with Crippen molar-refractivity contribution in [1.82, 2.24) is 0 Å². The first-order valence-electron chi connectivity index (χ1n) is 8.90. The summed E-state index contributed by atoms with van der Waals surface area (Å²) < 4.78 is 1.85. The number of hydrogen-bond acceptors (Lipinski definition) is 2. The SMILES string of the molecule is O=C(C=[N+](/C=C(\[O-])c1ccccc1)C1CCCCC1)c1ccccc1.